The number of rotatable bonds is 6. The number of methoxy groups -OCH3 is 3. The maximum absolute atomic E-state index is 13.0. The number of esters is 1. The molecule has 174 valence electrons. The third kappa shape index (κ3) is 4.49. The van der Waals surface area contributed by atoms with Crippen LogP contribution in [0.15, 0.2) is 58.8 Å². The first kappa shape index (κ1) is 23.4. The van der Waals surface area contributed by atoms with Crippen molar-refractivity contribution in [3.05, 3.63) is 81.0 Å². The lowest BCUT2D eigenvalue weighted by atomic mass is 10.0. The molecule has 8 heteroatoms. The van der Waals surface area contributed by atoms with E-state index in [0.717, 1.165) is 4.47 Å². The molecule has 0 saturated heterocycles. The van der Waals surface area contributed by atoms with Crippen LogP contribution >= 0.6 is 15.9 Å². The van der Waals surface area contributed by atoms with Gasteiger partial charge >= 0.3 is 5.97 Å². The number of ketones is 1. The molecule has 0 radical (unpaired) electrons. The van der Waals surface area contributed by atoms with Crippen molar-refractivity contribution in [1.29, 1.82) is 0 Å². The summed E-state index contributed by atoms with van der Waals surface area (Å²) >= 11 is 3.42. The molecule has 34 heavy (non-hydrogen) atoms. The SMILES string of the molecule is COc1ccc(Br)cc1/C=C1\Oc2cc(OC(=O)c3ccc(OC)c(OC)c3)cc(C)c2C1=O. The quantitative estimate of drug-likeness (QED) is 0.235. The van der Waals surface area contributed by atoms with E-state index in [0.29, 0.717) is 39.7 Å². The Morgan fingerprint density at radius 3 is 2.32 bits per heavy atom. The first-order valence-corrected chi connectivity index (χ1v) is 11.0. The van der Waals surface area contributed by atoms with E-state index in [4.69, 9.17) is 23.7 Å². The van der Waals surface area contributed by atoms with Crippen molar-refractivity contribution in [2.45, 2.75) is 6.92 Å². The van der Waals surface area contributed by atoms with Gasteiger partial charge in [0, 0.05) is 16.1 Å². The monoisotopic (exact) mass is 524 g/mol. The molecule has 1 heterocycles. The van der Waals surface area contributed by atoms with Gasteiger partial charge in [-0.1, -0.05) is 15.9 Å². The molecule has 0 saturated carbocycles. The number of ether oxygens (including phenoxy) is 5. The molecule has 0 fully saturated rings. The summed E-state index contributed by atoms with van der Waals surface area (Å²) in [5, 5.41) is 0. The molecule has 3 aromatic carbocycles. The number of aryl methyl sites for hydroxylation is 1. The minimum Gasteiger partial charge on any atom is -0.496 e. The normalized spacial score (nSPS) is 13.3. The van der Waals surface area contributed by atoms with E-state index in [2.05, 4.69) is 15.9 Å². The van der Waals surface area contributed by atoms with Gasteiger partial charge < -0.3 is 23.7 Å². The van der Waals surface area contributed by atoms with E-state index < -0.39 is 5.97 Å². The zero-order valence-corrected chi connectivity index (χ0v) is 20.5. The summed E-state index contributed by atoms with van der Waals surface area (Å²) in [5.41, 5.74) is 2.02. The summed E-state index contributed by atoms with van der Waals surface area (Å²) in [6.45, 7) is 1.76. The lowest BCUT2D eigenvalue weighted by Gasteiger charge is -2.10. The van der Waals surface area contributed by atoms with Gasteiger partial charge in [-0.3, -0.25) is 4.79 Å². The van der Waals surface area contributed by atoms with Crippen LogP contribution in [-0.2, 0) is 0 Å². The fourth-order valence-corrected chi connectivity index (χ4v) is 4.00. The highest BCUT2D eigenvalue weighted by Crippen LogP contribution is 2.39. The van der Waals surface area contributed by atoms with Gasteiger partial charge in [-0.2, -0.15) is 0 Å². The number of hydrogen-bond donors (Lipinski definition) is 0. The molecule has 4 rings (SSSR count). The fraction of sp³-hybridized carbons (Fsp3) is 0.154. The molecule has 0 bridgehead atoms. The molecule has 1 aliphatic rings. The number of carbonyl (C=O) groups is 2. The number of halogens is 1. The van der Waals surface area contributed by atoms with Crippen LogP contribution in [0.3, 0.4) is 0 Å². The van der Waals surface area contributed by atoms with Crippen LogP contribution in [0.25, 0.3) is 6.08 Å². The van der Waals surface area contributed by atoms with Crippen LogP contribution in [-0.4, -0.2) is 33.1 Å². The van der Waals surface area contributed by atoms with Crippen LogP contribution in [0.4, 0.5) is 0 Å². The molecule has 7 nitrogen and oxygen atoms in total. The average Bonchev–Trinajstić information content (AvgIpc) is 3.13. The Morgan fingerprint density at radius 1 is 0.912 bits per heavy atom. The highest BCUT2D eigenvalue weighted by Gasteiger charge is 2.30. The second-order valence-corrected chi connectivity index (χ2v) is 8.31. The Morgan fingerprint density at radius 2 is 1.62 bits per heavy atom. The molecular weight excluding hydrogens is 504 g/mol. The van der Waals surface area contributed by atoms with E-state index in [1.54, 1.807) is 44.4 Å². The van der Waals surface area contributed by atoms with Crippen molar-refractivity contribution in [2.75, 3.05) is 21.3 Å². The molecule has 0 amide bonds. The molecule has 0 aliphatic carbocycles. The molecule has 0 aromatic heterocycles. The Hall–Kier alpha value is -3.78. The third-order valence-corrected chi connectivity index (χ3v) is 5.75. The molecule has 1 aliphatic heterocycles. The molecule has 0 spiro atoms. The van der Waals surface area contributed by atoms with Crippen molar-refractivity contribution in [3.8, 4) is 28.7 Å². The van der Waals surface area contributed by atoms with Gasteiger partial charge in [0.2, 0.25) is 5.78 Å². The van der Waals surface area contributed by atoms with Crippen LogP contribution in [0.5, 0.6) is 28.7 Å². The summed E-state index contributed by atoms with van der Waals surface area (Å²) < 4.78 is 28.1. The molecule has 3 aromatic rings. The Kier molecular flexibility index (Phi) is 6.61. The number of hydrogen-bond acceptors (Lipinski definition) is 7. The number of carbonyl (C=O) groups excluding carboxylic acids is 2. The zero-order valence-electron chi connectivity index (χ0n) is 18.9. The summed E-state index contributed by atoms with van der Waals surface area (Å²) in [7, 11) is 4.56. The van der Waals surface area contributed by atoms with E-state index in [1.807, 2.05) is 12.1 Å². The third-order valence-electron chi connectivity index (χ3n) is 5.25. The average molecular weight is 525 g/mol. The molecule has 0 atom stereocenters. The van der Waals surface area contributed by atoms with Crippen LogP contribution < -0.4 is 23.7 Å². The smallest absolute Gasteiger partial charge is 0.343 e. The summed E-state index contributed by atoms with van der Waals surface area (Å²) in [6.07, 6.45) is 1.63. The molecule has 0 N–H and O–H groups in total. The Labute approximate surface area is 205 Å². The first-order chi connectivity index (χ1) is 16.3. The van der Waals surface area contributed by atoms with E-state index in [1.165, 1.54) is 26.4 Å². The fourth-order valence-electron chi connectivity index (χ4n) is 3.62. The van der Waals surface area contributed by atoms with Gasteiger partial charge in [0.05, 0.1) is 32.5 Å². The highest BCUT2D eigenvalue weighted by molar-refractivity contribution is 9.10. The van der Waals surface area contributed by atoms with Crippen molar-refractivity contribution >= 4 is 33.8 Å². The van der Waals surface area contributed by atoms with Gasteiger partial charge in [-0.05, 0) is 61.0 Å². The number of fused-ring (bicyclic) bond motifs is 1. The Bertz CT molecular complexity index is 1330. The topological polar surface area (TPSA) is 80.3 Å². The summed E-state index contributed by atoms with van der Waals surface area (Å²) in [6, 6.07) is 13.4. The van der Waals surface area contributed by atoms with E-state index in [9.17, 15) is 9.59 Å². The lowest BCUT2D eigenvalue weighted by Crippen LogP contribution is -2.09. The van der Waals surface area contributed by atoms with Gasteiger partial charge in [-0.25, -0.2) is 4.79 Å². The standard InChI is InChI=1S/C26H21BrO7/c1-14-9-18(33-26(29)15-5-7-20(31-3)21(11-15)32-4)13-22-24(14)25(28)23(34-22)12-16-10-17(27)6-8-19(16)30-2/h5-13H,1-4H3/b23-12-. The maximum atomic E-state index is 13.0. The van der Waals surface area contributed by atoms with Crippen molar-refractivity contribution in [1.82, 2.24) is 0 Å². The van der Waals surface area contributed by atoms with Crippen LogP contribution in [0, 0.1) is 6.92 Å². The van der Waals surface area contributed by atoms with Gasteiger partial charge in [0.15, 0.2) is 17.3 Å². The lowest BCUT2D eigenvalue weighted by molar-refractivity contribution is 0.0734. The predicted molar refractivity (Wildman–Crippen MR) is 129 cm³/mol. The molecule has 0 unspecified atom stereocenters. The summed E-state index contributed by atoms with van der Waals surface area (Å²) in [4.78, 5) is 25.7. The minimum atomic E-state index is -0.584. The summed E-state index contributed by atoms with van der Waals surface area (Å²) in [5.74, 6) is 1.40. The Balaban J connectivity index is 1.61. The zero-order chi connectivity index (χ0) is 24.4. The van der Waals surface area contributed by atoms with Crippen LogP contribution in [0.1, 0.15) is 31.8 Å². The van der Waals surface area contributed by atoms with Gasteiger partial charge in [-0.15, -0.1) is 0 Å². The van der Waals surface area contributed by atoms with Crippen molar-refractivity contribution < 1.29 is 33.3 Å². The van der Waals surface area contributed by atoms with Crippen molar-refractivity contribution in [3.63, 3.8) is 0 Å². The maximum Gasteiger partial charge on any atom is 0.343 e. The largest absolute Gasteiger partial charge is 0.496 e. The van der Waals surface area contributed by atoms with Gasteiger partial charge in [0.1, 0.15) is 17.2 Å². The molecular formula is C26H21BrO7. The van der Waals surface area contributed by atoms with E-state index >= 15 is 0 Å². The second-order valence-electron chi connectivity index (χ2n) is 7.40. The number of Topliss-reactive ketones (excluding diaryl/α,β-unsaturated/α-hetero) is 1. The predicted octanol–water partition coefficient (Wildman–Crippen LogP) is 5.62. The van der Waals surface area contributed by atoms with Gasteiger partial charge in [0.25, 0.3) is 0 Å². The van der Waals surface area contributed by atoms with Crippen LogP contribution in [0.2, 0.25) is 0 Å². The number of benzene rings is 3. The first-order valence-electron chi connectivity index (χ1n) is 10.2. The van der Waals surface area contributed by atoms with E-state index in [-0.39, 0.29) is 22.9 Å². The number of allylic oxidation sites excluding steroid dienone is 1. The second kappa shape index (κ2) is 9.61. The highest BCUT2D eigenvalue weighted by atomic mass is 79.9. The minimum absolute atomic E-state index is 0.151. The van der Waals surface area contributed by atoms with Crippen molar-refractivity contribution in [2.24, 2.45) is 0 Å².